The number of allylic oxidation sites excluding steroid dienone is 1. The molecule has 3 fully saturated rings. The monoisotopic (exact) mass is 302 g/mol. The van der Waals surface area contributed by atoms with Gasteiger partial charge in [-0.1, -0.05) is 30.3 Å². The lowest BCUT2D eigenvalue weighted by Crippen LogP contribution is -2.25. The first-order valence-corrected chi connectivity index (χ1v) is 9.37. The molecule has 1 heterocycles. The minimum absolute atomic E-state index is 0.0361. The van der Waals surface area contributed by atoms with Crippen molar-refractivity contribution in [3.63, 3.8) is 0 Å². The lowest BCUT2D eigenvalue weighted by atomic mass is 9.79. The van der Waals surface area contributed by atoms with Crippen LogP contribution in [0.5, 0.6) is 0 Å². The van der Waals surface area contributed by atoms with E-state index >= 15 is 0 Å². The quantitative estimate of drug-likeness (QED) is 0.705. The Morgan fingerprint density at radius 2 is 1.85 bits per heavy atom. The summed E-state index contributed by atoms with van der Waals surface area (Å²) in [5, 5.41) is 0. The second-order valence-electron chi connectivity index (χ2n) is 5.97. The van der Waals surface area contributed by atoms with Crippen molar-refractivity contribution < 1.29 is 4.79 Å². The highest BCUT2D eigenvalue weighted by molar-refractivity contribution is 8.25. The van der Waals surface area contributed by atoms with Gasteiger partial charge in [0.05, 0.1) is 0 Å². The van der Waals surface area contributed by atoms with Crippen LogP contribution in [0.25, 0.3) is 0 Å². The fourth-order valence-electron chi connectivity index (χ4n) is 3.74. The van der Waals surface area contributed by atoms with Gasteiger partial charge < -0.3 is 0 Å². The van der Waals surface area contributed by atoms with Crippen molar-refractivity contribution in [2.75, 3.05) is 11.5 Å². The summed E-state index contributed by atoms with van der Waals surface area (Å²) in [7, 11) is 0. The normalized spacial score (nSPS) is 33.0. The van der Waals surface area contributed by atoms with Crippen LogP contribution in [-0.2, 0) is 4.79 Å². The molecular formula is C17H18OS2. The maximum Gasteiger partial charge on any atom is 0.167 e. The van der Waals surface area contributed by atoms with E-state index in [0.717, 1.165) is 19.3 Å². The van der Waals surface area contributed by atoms with Crippen LogP contribution in [0.15, 0.2) is 40.1 Å². The summed E-state index contributed by atoms with van der Waals surface area (Å²) in [6, 6.07) is 10.6. The highest BCUT2D eigenvalue weighted by Gasteiger charge is 2.61. The van der Waals surface area contributed by atoms with Gasteiger partial charge >= 0.3 is 0 Å². The van der Waals surface area contributed by atoms with Crippen LogP contribution in [0.3, 0.4) is 0 Å². The van der Waals surface area contributed by atoms with Gasteiger partial charge in [-0.3, -0.25) is 4.79 Å². The van der Waals surface area contributed by atoms with Gasteiger partial charge in [-0.15, -0.1) is 23.5 Å². The molecule has 1 spiro atoms. The van der Waals surface area contributed by atoms with Gasteiger partial charge in [-0.2, -0.15) is 0 Å². The number of carbonyl (C=O) groups is 1. The highest BCUT2D eigenvalue weighted by Crippen LogP contribution is 2.66. The van der Waals surface area contributed by atoms with E-state index in [4.69, 9.17) is 0 Å². The Morgan fingerprint density at radius 1 is 1.10 bits per heavy atom. The van der Waals surface area contributed by atoms with E-state index in [2.05, 4.69) is 30.3 Å². The van der Waals surface area contributed by atoms with E-state index in [9.17, 15) is 4.79 Å². The SMILES string of the molecule is O=C1C(=C2SCCS2)CCC[C@@]12C[C@H]2c1ccccc1. The average Bonchev–Trinajstić information content (AvgIpc) is 2.95. The first-order valence-electron chi connectivity index (χ1n) is 7.40. The molecule has 0 unspecified atom stereocenters. The van der Waals surface area contributed by atoms with Gasteiger partial charge in [0, 0.05) is 26.7 Å². The molecule has 1 nitrogen and oxygen atoms in total. The number of hydrogen-bond acceptors (Lipinski definition) is 3. The van der Waals surface area contributed by atoms with Gasteiger partial charge in [0.2, 0.25) is 0 Å². The summed E-state index contributed by atoms with van der Waals surface area (Å²) in [6.45, 7) is 0. The molecule has 2 aliphatic carbocycles. The molecular weight excluding hydrogens is 284 g/mol. The van der Waals surface area contributed by atoms with E-state index in [-0.39, 0.29) is 5.41 Å². The van der Waals surface area contributed by atoms with Crippen molar-refractivity contribution in [3.05, 3.63) is 45.7 Å². The fraction of sp³-hybridized carbons (Fsp3) is 0.471. The first-order chi connectivity index (χ1) is 9.81. The topological polar surface area (TPSA) is 17.1 Å². The molecule has 0 N–H and O–H groups in total. The summed E-state index contributed by atoms with van der Waals surface area (Å²) in [6.07, 6.45) is 4.37. The molecule has 0 amide bonds. The summed E-state index contributed by atoms with van der Waals surface area (Å²) >= 11 is 3.80. The molecule has 4 rings (SSSR count). The van der Waals surface area contributed by atoms with Gasteiger partial charge in [0.25, 0.3) is 0 Å². The molecule has 3 heteroatoms. The first kappa shape index (κ1) is 13.0. The Hall–Kier alpha value is -0.670. The molecule has 1 aromatic carbocycles. The van der Waals surface area contributed by atoms with Crippen molar-refractivity contribution in [3.8, 4) is 0 Å². The minimum Gasteiger partial charge on any atom is -0.294 e. The Balaban J connectivity index is 1.64. The minimum atomic E-state index is -0.0361. The van der Waals surface area contributed by atoms with Crippen LogP contribution in [0.2, 0.25) is 0 Å². The molecule has 1 aliphatic heterocycles. The van der Waals surface area contributed by atoms with E-state index in [1.165, 1.54) is 33.3 Å². The molecule has 2 saturated carbocycles. The highest BCUT2D eigenvalue weighted by atomic mass is 32.2. The Labute approximate surface area is 128 Å². The maximum atomic E-state index is 13.0. The smallest absolute Gasteiger partial charge is 0.167 e. The number of carbonyl (C=O) groups excluding carboxylic acids is 1. The standard InChI is InChI=1S/C17H18OS2/c18-15-13(16-19-9-10-20-16)7-4-8-17(15)11-14(17)12-5-2-1-3-6-12/h1-3,5-6,14H,4,7-11H2/t14-,17-/m0/s1. The van der Waals surface area contributed by atoms with Crippen LogP contribution in [-0.4, -0.2) is 17.3 Å². The summed E-state index contributed by atoms with van der Waals surface area (Å²) in [5.41, 5.74) is 2.49. The Kier molecular flexibility index (Phi) is 3.23. The van der Waals surface area contributed by atoms with Crippen molar-refractivity contribution >= 4 is 29.3 Å². The third-order valence-corrected chi connectivity index (χ3v) is 7.65. The number of rotatable bonds is 1. The largest absolute Gasteiger partial charge is 0.294 e. The van der Waals surface area contributed by atoms with Crippen LogP contribution < -0.4 is 0 Å². The summed E-state index contributed by atoms with van der Waals surface area (Å²) in [4.78, 5) is 13.0. The molecule has 0 radical (unpaired) electrons. The van der Waals surface area contributed by atoms with Gasteiger partial charge in [0.1, 0.15) is 0 Å². The van der Waals surface area contributed by atoms with Gasteiger partial charge in [0.15, 0.2) is 5.78 Å². The van der Waals surface area contributed by atoms with Crippen LogP contribution in [0, 0.1) is 5.41 Å². The second kappa shape index (κ2) is 4.96. The lowest BCUT2D eigenvalue weighted by molar-refractivity contribution is -0.122. The zero-order valence-corrected chi connectivity index (χ0v) is 13.1. The summed E-state index contributed by atoms with van der Waals surface area (Å²) < 4.78 is 1.34. The predicted octanol–water partition coefficient (Wildman–Crippen LogP) is 4.60. The predicted molar refractivity (Wildman–Crippen MR) is 87.0 cm³/mol. The van der Waals surface area contributed by atoms with E-state index in [1.807, 2.05) is 23.5 Å². The number of Topliss-reactive ketones (excluding diaryl/α,β-unsaturated/α-hetero) is 1. The second-order valence-corrected chi connectivity index (χ2v) is 8.44. The van der Waals surface area contributed by atoms with E-state index in [1.54, 1.807) is 0 Å². The lowest BCUT2D eigenvalue weighted by Gasteiger charge is -2.25. The number of benzene rings is 1. The molecule has 2 atom stereocenters. The van der Waals surface area contributed by atoms with Crippen LogP contribution in [0.4, 0.5) is 0 Å². The Bertz CT molecular complexity index is 570. The average molecular weight is 302 g/mol. The maximum absolute atomic E-state index is 13.0. The molecule has 1 aromatic rings. The van der Waals surface area contributed by atoms with E-state index < -0.39 is 0 Å². The van der Waals surface area contributed by atoms with Crippen molar-refractivity contribution in [2.24, 2.45) is 5.41 Å². The third kappa shape index (κ3) is 1.98. The zero-order chi connectivity index (χ0) is 13.6. The van der Waals surface area contributed by atoms with Gasteiger partial charge in [-0.05, 0) is 37.2 Å². The number of thioether (sulfide) groups is 2. The zero-order valence-electron chi connectivity index (χ0n) is 11.4. The van der Waals surface area contributed by atoms with Crippen LogP contribution in [0.1, 0.15) is 37.2 Å². The van der Waals surface area contributed by atoms with Crippen molar-refractivity contribution in [1.82, 2.24) is 0 Å². The molecule has 20 heavy (non-hydrogen) atoms. The third-order valence-electron chi connectivity index (χ3n) is 4.85. The molecule has 104 valence electrons. The summed E-state index contributed by atoms with van der Waals surface area (Å²) in [5.74, 6) is 3.30. The molecule has 3 aliphatic rings. The Morgan fingerprint density at radius 3 is 2.60 bits per heavy atom. The van der Waals surface area contributed by atoms with Crippen molar-refractivity contribution in [1.29, 1.82) is 0 Å². The molecule has 0 bridgehead atoms. The number of hydrogen-bond donors (Lipinski definition) is 0. The molecule has 0 aromatic heterocycles. The van der Waals surface area contributed by atoms with E-state index in [0.29, 0.717) is 11.7 Å². The number of ketones is 1. The van der Waals surface area contributed by atoms with Crippen LogP contribution >= 0.6 is 23.5 Å². The fourth-order valence-corrected chi connectivity index (χ4v) is 6.35. The molecule has 1 saturated heterocycles. The van der Waals surface area contributed by atoms with Gasteiger partial charge in [-0.25, -0.2) is 0 Å². The van der Waals surface area contributed by atoms with Crippen molar-refractivity contribution in [2.45, 2.75) is 31.6 Å².